The van der Waals surface area contributed by atoms with E-state index in [-0.39, 0.29) is 5.91 Å². The van der Waals surface area contributed by atoms with E-state index in [2.05, 4.69) is 35.1 Å². The van der Waals surface area contributed by atoms with Gasteiger partial charge in [0, 0.05) is 29.2 Å². The first-order valence-corrected chi connectivity index (χ1v) is 8.55. The van der Waals surface area contributed by atoms with Gasteiger partial charge in [0.25, 0.3) is 5.91 Å². The Morgan fingerprint density at radius 1 is 1.48 bits per heavy atom. The van der Waals surface area contributed by atoms with Gasteiger partial charge in [-0.1, -0.05) is 35.8 Å². The highest BCUT2D eigenvalue weighted by Gasteiger charge is 2.25. The van der Waals surface area contributed by atoms with Gasteiger partial charge < -0.3 is 10.2 Å². The number of carbonyl (C=O) groups is 1. The van der Waals surface area contributed by atoms with E-state index in [0.29, 0.717) is 12.0 Å². The molecule has 1 N–H and O–H groups in total. The zero-order valence-corrected chi connectivity index (χ0v) is 14.7. The molecule has 1 saturated heterocycles. The van der Waals surface area contributed by atoms with Crippen LogP contribution in [0.3, 0.4) is 0 Å². The van der Waals surface area contributed by atoms with Crippen molar-refractivity contribution >= 4 is 21.8 Å². The van der Waals surface area contributed by atoms with Gasteiger partial charge in [0.05, 0.1) is 0 Å². The van der Waals surface area contributed by atoms with Crippen LogP contribution in [0.2, 0.25) is 0 Å². The van der Waals surface area contributed by atoms with E-state index in [1.807, 2.05) is 30.0 Å². The van der Waals surface area contributed by atoms with Gasteiger partial charge in [0.15, 0.2) is 0 Å². The second-order valence-electron chi connectivity index (χ2n) is 6.28. The van der Waals surface area contributed by atoms with Gasteiger partial charge in [0.2, 0.25) is 0 Å². The van der Waals surface area contributed by atoms with Crippen LogP contribution in [0.1, 0.15) is 42.6 Å². The summed E-state index contributed by atoms with van der Waals surface area (Å²) in [6.45, 7) is 9.07. The third-order valence-electron chi connectivity index (χ3n) is 4.05. The van der Waals surface area contributed by atoms with Gasteiger partial charge in [-0.3, -0.25) is 4.79 Å². The third-order valence-corrected chi connectivity index (χ3v) is 4.54. The van der Waals surface area contributed by atoms with Crippen LogP contribution in [0.5, 0.6) is 0 Å². The van der Waals surface area contributed by atoms with Crippen molar-refractivity contribution in [3.05, 3.63) is 33.8 Å². The molecule has 4 heteroatoms. The van der Waals surface area contributed by atoms with Gasteiger partial charge >= 0.3 is 0 Å². The number of nitrogens with zero attached hydrogens (tertiary/aromatic N) is 1. The molecule has 0 radical (unpaired) electrons. The monoisotopic (exact) mass is 352 g/mol. The van der Waals surface area contributed by atoms with E-state index in [1.165, 1.54) is 6.42 Å². The lowest BCUT2D eigenvalue weighted by Gasteiger charge is -2.33. The Kier molecular flexibility index (Phi) is 5.82. The number of aryl methyl sites for hydroxylation is 1. The molecule has 1 aliphatic rings. The van der Waals surface area contributed by atoms with Crippen LogP contribution < -0.4 is 5.32 Å². The zero-order valence-electron chi connectivity index (χ0n) is 13.2. The van der Waals surface area contributed by atoms with Crippen molar-refractivity contribution < 1.29 is 4.79 Å². The van der Waals surface area contributed by atoms with Crippen molar-refractivity contribution in [3.63, 3.8) is 0 Å². The van der Waals surface area contributed by atoms with Crippen LogP contribution in [-0.2, 0) is 0 Å². The standard InChI is InChI=1S/C17H25BrN2O/c1-12(2)19-10-14-5-4-8-20(11-14)17(21)16-9-15(18)7-6-13(16)3/h6-7,9,12,14,19H,4-5,8,10-11H2,1-3H3. The lowest BCUT2D eigenvalue weighted by molar-refractivity contribution is 0.0671. The van der Waals surface area contributed by atoms with E-state index in [9.17, 15) is 4.79 Å². The van der Waals surface area contributed by atoms with E-state index in [1.54, 1.807) is 0 Å². The molecule has 1 heterocycles. The molecule has 1 atom stereocenters. The van der Waals surface area contributed by atoms with Crippen molar-refractivity contribution in [1.29, 1.82) is 0 Å². The molecule has 1 aromatic rings. The second kappa shape index (κ2) is 7.41. The van der Waals surface area contributed by atoms with Crippen LogP contribution in [0.25, 0.3) is 0 Å². The zero-order chi connectivity index (χ0) is 15.4. The van der Waals surface area contributed by atoms with Crippen molar-refractivity contribution in [1.82, 2.24) is 10.2 Å². The molecule has 1 aromatic carbocycles. The van der Waals surface area contributed by atoms with Crippen molar-refractivity contribution in [2.75, 3.05) is 19.6 Å². The van der Waals surface area contributed by atoms with E-state index in [4.69, 9.17) is 0 Å². The van der Waals surface area contributed by atoms with Gasteiger partial charge in [-0.15, -0.1) is 0 Å². The summed E-state index contributed by atoms with van der Waals surface area (Å²) in [4.78, 5) is 14.8. The fourth-order valence-corrected chi connectivity index (χ4v) is 3.17. The molecule has 0 aromatic heterocycles. The number of carbonyl (C=O) groups excluding carboxylic acids is 1. The van der Waals surface area contributed by atoms with Gasteiger partial charge in [-0.05, 0) is 49.9 Å². The average molecular weight is 353 g/mol. The molecule has 1 amide bonds. The summed E-state index contributed by atoms with van der Waals surface area (Å²) in [5.74, 6) is 0.737. The summed E-state index contributed by atoms with van der Waals surface area (Å²) in [6, 6.07) is 6.42. The van der Waals surface area contributed by atoms with Gasteiger partial charge in [-0.25, -0.2) is 0 Å². The summed E-state index contributed by atoms with van der Waals surface area (Å²) in [5, 5.41) is 3.49. The first-order chi connectivity index (χ1) is 9.97. The summed E-state index contributed by atoms with van der Waals surface area (Å²) in [6.07, 6.45) is 2.31. The predicted octanol–water partition coefficient (Wildman–Crippen LogP) is 3.61. The number of hydrogen-bond acceptors (Lipinski definition) is 2. The Bertz CT molecular complexity index is 502. The highest BCUT2D eigenvalue weighted by atomic mass is 79.9. The van der Waals surface area contributed by atoms with E-state index >= 15 is 0 Å². The number of halogens is 1. The van der Waals surface area contributed by atoms with Gasteiger partial charge in [-0.2, -0.15) is 0 Å². The molecule has 21 heavy (non-hydrogen) atoms. The number of amides is 1. The number of likely N-dealkylation sites (tertiary alicyclic amines) is 1. The summed E-state index contributed by atoms with van der Waals surface area (Å²) in [7, 11) is 0. The minimum atomic E-state index is 0.169. The first kappa shape index (κ1) is 16.5. The number of nitrogens with one attached hydrogen (secondary N) is 1. The molecule has 1 unspecified atom stereocenters. The van der Waals surface area contributed by atoms with Crippen LogP contribution in [0, 0.1) is 12.8 Å². The Balaban J connectivity index is 2.03. The summed E-state index contributed by atoms with van der Waals surface area (Å²) < 4.78 is 0.964. The molecule has 116 valence electrons. The molecule has 2 rings (SSSR count). The van der Waals surface area contributed by atoms with Crippen LogP contribution in [0.15, 0.2) is 22.7 Å². The molecule has 0 saturated carbocycles. The lowest BCUT2D eigenvalue weighted by Crippen LogP contribution is -2.43. The average Bonchev–Trinajstić information content (AvgIpc) is 2.47. The molecule has 0 aliphatic carbocycles. The number of rotatable bonds is 4. The topological polar surface area (TPSA) is 32.3 Å². The van der Waals surface area contributed by atoms with Crippen molar-refractivity contribution in [3.8, 4) is 0 Å². The molecular weight excluding hydrogens is 328 g/mol. The maximum Gasteiger partial charge on any atom is 0.254 e. The second-order valence-corrected chi connectivity index (χ2v) is 7.20. The van der Waals surface area contributed by atoms with Crippen molar-refractivity contribution in [2.45, 2.75) is 39.7 Å². The fraction of sp³-hybridized carbons (Fsp3) is 0.588. The lowest BCUT2D eigenvalue weighted by atomic mass is 9.96. The fourth-order valence-electron chi connectivity index (χ4n) is 2.81. The van der Waals surface area contributed by atoms with Crippen molar-refractivity contribution in [2.24, 2.45) is 5.92 Å². The molecule has 0 spiro atoms. The number of hydrogen-bond donors (Lipinski definition) is 1. The largest absolute Gasteiger partial charge is 0.338 e. The molecular formula is C17H25BrN2O. The Hall–Kier alpha value is -0.870. The Morgan fingerprint density at radius 3 is 2.95 bits per heavy atom. The Labute approximate surface area is 136 Å². The minimum absolute atomic E-state index is 0.169. The molecule has 0 bridgehead atoms. The molecule has 1 fully saturated rings. The third kappa shape index (κ3) is 4.55. The normalized spacial score (nSPS) is 19.1. The first-order valence-electron chi connectivity index (χ1n) is 7.76. The number of piperidine rings is 1. The molecule has 3 nitrogen and oxygen atoms in total. The van der Waals surface area contributed by atoms with Crippen LogP contribution >= 0.6 is 15.9 Å². The highest BCUT2D eigenvalue weighted by molar-refractivity contribution is 9.10. The van der Waals surface area contributed by atoms with E-state index in [0.717, 1.165) is 41.7 Å². The summed E-state index contributed by atoms with van der Waals surface area (Å²) in [5.41, 5.74) is 1.87. The predicted molar refractivity (Wildman–Crippen MR) is 90.6 cm³/mol. The van der Waals surface area contributed by atoms with E-state index < -0.39 is 0 Å². The minimum Gasteiger partial charge on any atom is -0.338 e. The SMILES string of the molecule is Cc1ccc(Br)cc1C(=O)N1CCCC(CNC(C)C)C1. The molecule has 1 aliphatic heterocycles. The van der Waals surface area contributed by atoms with Crippen LogP contribution in [-0.4, -0.2) is 36.5 Å². The highest BCUT2D eigenvalue weighted by Crippen LogP contribution is 2.22. The number of benzene rings is 1. The quantitative estimate of drug-likeness (QED) is 0.897. The van der Waals surface area contributed by atoms with Gasteiger partial charge in [0.1, 0.15) is 0 Å². The maximum absolute atomic E-state index is 12.7. The van der Waals surface area contributed by atoms with Crippen LogP contribution in [0.4, 0.5) is 0 Å². The summed E-state index contributed by atoms with van der Waals surface area (Å²) >= 11 is 3.46. The smallest absolute Gasteiger partial charge is 0.254 e. The maximum atomic E-state index is 12.7. The Morgan fingerprint density at radius 2 is 2.24 bits per heavy atom.